The molecule has 0 aromatic rings. The number of carbonyl (C=O) groups is 1. The van der Waals surface area contributed by atoms with Crippen LogP contribution < -0.4 is 5.32 Å². The van der Waals surface area contributed by atoms with Gasteiger partial charge in [-0.3, -0.25) is 4.79 Å². The van der Waals surface area contributed by atoms with Crippen molar-refractivity contribution in [2.24, 2.45) is 5.92 Å². The van der Waals surface area contributed by atoms with Crippen LogP contribution in [0.1, 0.15) is 6.92 Å². The summed E-state index contributed by atoms with van der Waals surface area (Å²) < 4.78 is 0. The zero-order valence-corrected chi connectivity index (χ0v) is 4.72. The lowest BCUT2D eigenvalue weighted by Crippen LogP contribution is -2.54. The molecule has 0 aliphatic carbocycles. The van der Waals surface area contributed by atoms with E-state index in [0.29, 0.717) is 6.54 Å². The molecule has 1 heterocycles. The quantitative estimate of drug-likeness (QED) is 0.492. The van der Waals surface area contributed by atoms with E-state index in [0.717, 1.165) is 0 Å². The van der Waals surface area contributed by atoms with Crippen molar-refractivity contribution < 1.29 is 9.90 Å². The smallest absolute Gasteiger partial charge is 0.309 e. The summed E-state index contributed by atoms with van der Waals surface area (Å²) in [6.45, 7) is 2.51. The summed E-state index contributed by atoms with van der Waals surface area (Å²) in [5.74, 6) is -0.828. The van der Waals surface area contributed by atoms with Crippen LogP contribution in [0.2, 0.25) is 0 Å². The molecule has 2 atom stereocenters. The third kappa shape index (κ3) is 0.690. The first-order valence-corrected chi connectivity index (χ1v) is 2.68. The normalized spacial score (nSPS) is 36.1. The van der Waals surface area contributed by atoms with Gasteiger partial charge in [-0.05, 0) is 6.92 Å². The minimum absolute atomic E-state index is 0.144. The van der Waals surface area contributed by atoms with Crippen LogP contribution in [-0.4, -0.2) is 23.7 Å². The predicted octanol–water partition coefficient (Wildman–Crippen LogP) is -0.321. The molecule has 46 valence electrons. The van der Waals surface area contributed by atoms with Crippen LogP contribution in [-0.2, 0) is 4.79 Å². The number of aliphatic carboxylic acids is 1. The topological polar surface area (TPSA) is 49.3 Å². The van der Waals surface area contributed by atoms with E-state index in [9.17, 15) is 4.79 Å². The fourth-order valence-corrected chi connectivity index (χ4v) is 0.773. The van der Waals surface area contributed by atoms with Gasteiger partial charge in [-0.25, -0.2) is 0 Å². The molecule has 0 aromatic carbocycles. The third-order valence-electron chi connectivity index (χ3n) is 1.58. The van der Waals surface area contributed by atoms with Gasteiger partial charge >= 0.3 is 5.97 Å². The highest BCUT2D eigenvalue weighted by Crippen LogP contribution is 2.11. The Morgan fingerprint density at radius 2 is 2.50 bits per heavy atom. The first-order valence-electron chi connectivity index (χ1n) is 2.68. The van der Waals surface area contributed by atoms with Crippen LogP contribution in [0, 0.1) is 5.92 Å². The van der Waals surface area contributed by atoms with Gasteiger partial charge in [-0.2, -0.15) is 0 Å². The molecule has 0 amide bonds. The molecule has 0 radical (unpaired) electrons. The molecule has 0 spiro atoms. The predicted molar refractivity (Wildman–Crippen MR) is 28.6 cm³/mol. The van der Waals surface area contributed by atoms with Gasteiger partial charge in [0.2, 0.25) is 0 Å². The maximum absolute atomic E-state index is 10.2. The van der Waals surface area contributed by atoms with Crippen LogP contribution in [0.5, 0.6) is 0 Å². The third-order valence-corrected chi connectivity index (χ3v) is 1.58. The van der Waals surface area contributed by atoms with E-state index >= 15 is 0 Å². The molecule has 0 aromatic heterocycles. The maximum atomic E-state index is 10.2. The van der Waals surface area contributed by atoms with E-state index in [1.807, 2.05) is 6.92 Å². The Kier molecular flexibility index (Phi) is 1.21. The molecular formula is C5H9NO2. The lowest BCUT2D eigenvalue weighted by molar-refractivity contribution is -0.145. The van der Waals surface area contributed by atoms with E-state index < -0.39 is 5.97 Å². The van der Waals surface area contributed by atoms with Crippen molar-refractivity contribution >= 4 is 5.97 Å². The first kappa shape index (κ1) is 5.56. The first-order chi connectivity index (χ1) is 3.72. The molecule has 3 nitrogen and oxygen atoms in total. The minimum Gasteiger partial charge on any atom is -0.481 e. The molecule has 1 aliphatic rings. The summed E-state index contributed by atoms with van der Waals surface area (Å²) in [4.78, 5) is 10.2. The van der Waals surface area contributed by atoms with Gasteiger partial charge in [0.1, 0.15) is 0 Å². The summed E-state index contributed by atoms with van der Waals surface area (Å²) >= 11 is 0. The van der Waals surface area contributed by atoms with Gasteiger partial charge in [0, 0.05) is 12.6 Å². The Morgan fingerprint density at radius 1 is 1.88 bits per heavy atom. The zero-order valence-electron chi connectivity index (χ0n) is 4.72. The van der Waals surface area contributed by atoms with E-state index in [1.54, 1.807) is 0 Å². The summed E-state index contributed by atoms with van der Waals surface area (Å²) in [5.41, 5.74) is 0. The van der Waals surface area contributed by atoms with Crippen LogP contribution in [0.25, 0.3) is 0 Å². The summed E-state index contributed by atoms with van der Waals surface area (Å²) in [7, 11) is 0. The molecule has 1 rings (SSSR count). The lowest BCUT2D eigenvalue weighted by atomic mass is 9.94. The van der Waals surface area contributed by atoms with Gasteiger partial charge < -0.3 is 10.4 Å². The molecule has 0 unspecified atom stereocenters. The second-order valence-corrected chi connectivity index (χ2v) is 2.14. The number of carboxylic acid groups (broad SMARTS) is 1. The monoisotopic (exact) mass is 115 g/mol. The number of rotatable bonds is 1. The summed E-state index contributed by atoms with van der Waals surface area (Å²) in [6.07, 6.45) is 0. The number of carboxylic acids is 1. The van der Waals surface area contributed by atoms with Gasteiger partial charge in [0.05, 0.1) is 5.92 Å². The average Bonchev–Trinajstić information content (AvgIpc) is 1.61. The Hall–Kier alpha value is -0.570. The van der Waals surface area contributed by atoms with Crippen molar-refractivity contribution in [3.8, 4) is 0 Å². The lowest BCUT2D eigenvalue weighted by Gasteiger charge is -2.31. The fraction of sp³-hybridized carbons (Fsp3) is 0.800. The SMILES string of the molecule is C[C@H]1NC[C@@H]1C(=O)O. The molecule has 2 N–H and O–H groups in total. The Bertz CT molecular complexity index is 113. The van der Waals surface area contributed by atoms with Crippen molar-refractivity contribution in [1.82, 2.24) is 5.32 Å². The van der Waals surface area contributed by atoms with Crippen molar-refractivity contribution in [2.75, 3.05) is 6.54 Å². The zero-order chi connectivity index (χ0) is 6.15. The van der Waals surface area contributed by atoms with Crippen LogP contribution >= 0.6 is 0 Å². The van der Waals surface area contributed by atoms with E-state index in [1.165, 1.54) is 0 Å². The standard InChI is InChI=1S/C5H9NO2/c1-3-4(2-6-3)5(7)8/h3-4,6H,2H2,1H3,(H,7,8)/t3-,4+/m1/s1. The number of nitrogens with one attached hydrogen (secondary N) is 1. The van der Waals surface area contributed by atoms with Gasteiger partial charge in [0.15, 0.2) is 0 Å². The Morgan fingerprint density at radius 3 is 2.50 bits per heavy atom. The molecule has 1 aliphatic heterocycles. The molecular weight excluding hydrogens is 106 g/mol. The number of hydrogen-bond acceptors (Lipinski definition) is 2. The van der Waals surface area contributed by atoms with Gasteiger partial charge in [-0.15, -0.1) is 0 Å². The van der Waals surface area contributed by atoms with Gasteiger partial charge in [-0.1, -0.05) is 0 Å². The van der Waals surface area contributed by atoms with E-state index in [-0.39, 0.29) is 12.0 Å². The van der Waals surface area contributed by atoms with Crippen molar-refractivity contribution in [3.05, 3.63) is 0 Å². The molecule has 1 saturated heterocycles. The fourth-order valence-electron chi connectivity index (χ4n) is 0.773. The van der Waals surface area contributed by atoms with Crippen LogP contribution in [0.15, 0.2) is 0 Å². The average molecular weight is 115 g/mol. The van der Waals surface area contributed by atoms with Crippen LogP contribution in [0.4, 0.5) is 0 Å². The summed E-state index contributed by atoms with van der Waals surface area (Å²) in [5, 5.41) is 11.3. The maximum Gasteiger partial charge on any atom is 0.309 e. The highest BCUT2D eigenvalue weighted by atomic mass is 16.4. The molecule has 0 saturated carbocycles. The largest absolute Gasteiger partial charge is 0.481 e. The molecule has 1 fully saturated rings. The van der Waals surface area contributed by atoms with E-state index in [2.05, 4.69) is 5.32 Å². The van der Waals surface area contributed by atoms with E-state index in [4.69, 9.17) is 5.11 Å². The highest BCUT2D eigenvalue weighted by Gasteiger charge is 2.31. The highest BCUT2D eigenvalue weighted by molar-refractivity contribution is 5.72. The summed E-state index contributed by atoms with van der Waals surface area (Å²) in [6, 6.07) is 0.174. The second kappa shape index (κ2) is 1.74. The molecule has 3 heteroatoms. The van der Waals surface area contributed by atoms with Crippen molar-refractivity contribution in [1.29, 1.82) is 0 Å². The Labute approximate surface area is 47.7 Å². The van der Waals surface area contributed by atoms with Crippen molar-refractivity contribution in [2.45, 2.75) is 13.0 Å². The Balaban J connectivity index is 2.37. The van der Waals surface area contributed by atoms with Crippen molar-refractivity contribution in [3.63, 3.8) is 0 Å². The molecule has 8 heavy (non-hydrogen) atoms. The second-order valence-electron chi connectivity index (χ2n) is 2.14. The van der Waals surface area contributed by atoms with Gasteiger partial charge in [0.25, 0.3) is 0 Å². The van der Waals surface area contributed by atoms with Crippen LogP contribution in [0.3, 0.4) is 0 Å². The number of hydrogen-bond donors (Lipinski definition) is 2. The molecule has 0 bridgehead atoms. The minimum atomic E-state index is -0.684.